The summed E-state index contributed by atoms with van der Waals surface area (Å²) in [5.41, 5.74) is 3.35. The number of benzene rings is 3. The van der Waals surface area contributed by atoms with Crippen molar-refractivity contribution in [3.8, 4) is 28.6 Å². The lowest BCUT2D eigenvalue weighted by atomic mass is 9.94. The molecule has 0 bridgehead atoms. The molecule has 1 aliphatic heterocycles. The number of fused-ring (bicyclic) bond motifs is 1. The van der Waals surface area contributed by atoms with Crippen molar-refractivity contribution in [1.29, 1.82) is 0 Å². The highest BCUT2D eigenvalue weighted by atomic mass is 16.5. The first-order valence-electron chi connectivity index (χ1n) is 11.9. The van der Waals surface area contributed by atoms with E-state index in [-0.39, 0.29) is 11.7 Å². The highest BCUT2D eigenvalue weighted by Gasteiger charge is 2.35. The van der Waals surface area contributed by atoms with Gasteiger partial charge in [-0.1, -0.05) is 24.3 Å². The molecule has 3 N–H and O–H groups in total. The minimum Gasteiger partial charge on any atom is -0.508 e. The number of nitrogens with one attached hydrogen (secondary N) is 2. The van der Waals surface area contributed by atoms with E-state index in [0.29, 0.717) is 46.8 Å². The number of amides is 1. The smallest absolute Gasteiger partial charge is 0.255 e. The quantitative estimate of drug-likeness (QED) is 0.330. The maximum Gasteiger partial charge on any atom is 0.255 e. The van der Waals surface area contributed by atoms with Gasteiger partial charge in [0, 0.05) is 16.9 Å². The van der Waals surface area contributed by atoms with Crippen LogP contribution >= 0.6 is 0 Å². The predicted molar refractivity (Wildman–Crippen MR) is 141 cm³/mol. The standard InChI is InChI=1S/C28H27N5O4/c1-4-37-22-15-12-19(16-23(22)36-3)25-24(27(35)30-20-8-6-5-7-9-20)17(2)29-28-31-26(32-33(25)28)18-10-13-21(34)14-11-18/h5-16,25,34H,4H2,1-3H3,(H,30,35)(H,29,31,32). The van der Waals surface area contributed by atoms with Gasteiger partial charge in [-0.3, -0.25) is 4.79 Å². The highest BCUT2D eigenvalue weighted by molar-refractivity contribution is 6.06. The number of aromatic hydroxyl groups is 1. The van der Waals surface area contributed by atoms with Crippen LogP contribution in [0.2, 0.25) is 0 Å². The van der Waals surface area contributed by atoms with Crippen molar-refractivity contribution in [3.05, 3.63) is 89.6 Å². The van der Waals surface area contributed by atoms with Gasteiger partial charge in [-0.15, -0.1) is 5.10 Å². The van der Waals surface area contributed by atoms with E-state index >= 15 is 0 Å². The first kappa shape index (κ1) is 23.9. The monoisotopic (exact) mass is 497 g/mol. The Kier molecular flexibility index (Phi) is 6.51. The molecule has 0 spiro atoms. The topological polar surface area (TPSA) is 111 Å². The zero-order valence-electron chi connectivity index (χ0n) is 20.7. The lowest BCUT2D eigenvalue weighted by Gasteiger charge is -2.29. The summed E-state index contributed by atoms with van der Waals surface area (Å²) in [6.45, 7) is 4.25. The molecule has 3 aromatic carbocycles. The van der Waals surface area contributed by atoms with E-state index in [0.717, 1.165) is 11.1 Å². The zero-order chi connectivity index (χ0) is 25.9. The van der Waals surface area contributed by atoms with Crippen LogP contribution < -0.4 is 20.1 Å². The van der Waals surface area contributed by atoms with Gasteiger partial charge in [0.1, 0.15) is 11.8 Å². The van der Waals surface area contributed by atoms with Crippen molar-refractivity contribution in [2.24, 2.45) is 0 Å². The molecule has 1 atom stereocenters. The molecule has 9 nitrogen and oxygen atoms in total. The number of phenols is 1. The number of hydrogen-bond donors (Lipinski definition) is 3. The summed E-state index contributed by atoms with van der Waals surface area (Å²) < 4.78 is 13.0. The number of ether oxygens (including phenoxy) is 2. The van der Waals surface area contributed by atoms with E-state index in [1.54, 1.807) is 36.1 Å². The average molecular weight is 498 g/mol. The lowest BCUT2D eigenvalue weighted by molar-refractivity contribution is -0.113. The molecule has 2 heterocycles. The molecular formula is C28H27N5O4. The number of hydrogen-bond acceptors (Lipinski definition) is 7. The van der Waals surface area contributed by atoms with Gasteiger partial charge in [-0.2, -0.15) is 4.98 Å². The number of rotatable bonds is 7. The lowest BCUT2D eigenvalue weighted by Crippen LogP contribution is -2.31. The Hall–Kier alpha value is -4.79. The molecule has 5 rings (SSSR count). The van der Waals surface area contributed by atoms with E-state index in [4.69, 9.17) is 14.6 Å². The third-order valence-corrected chi connectivity index (χ3v) is 6.06. The summed E-state index contributed by atoms with van der Waals surface area (Å²) in [7, 11) is 1.58. The van der Waals surface area contributed by atoms with Crippen molar-refractivity contribution in [1.82, 2.24) is 14.8 Å². The van der Waals surface area contributed by atoms with Gasteiger partial charge >= 0.3 is 0 Å². The molecule has 9 heteroatoms. The number of allylic oxidation sites excluding steroid dienone is 1. The number of aromatic nitrogens is 3. The Bertz CT molecular complexity index is 1460. The molecule has 0 aliphatic carbocycles. The maximum absolute atomic E-state index is 13.7. The fraction of sp³-hybridized carbons (Fsp3) is 0.179. The average Bonchev–Trinajstić information content (AvgIpc) is 3.32. The third-order valence-electron chi connectivity index (χ3n) is 6.06. The fourth-order valence-electron chi connectivity index (χ4n) is 4.34. The summed E-state index contributed by atoms with van der Waals surface area (Å²) in [6, 6.07) is 20.9. The number of anilines is 2. The van der Waals surface area contributed by atoms with Crippen molar-refractivity contribution in [3.63, 3.8) is 0 Å². The van der Waals surface area contributed by atoms with Crippen LogP contribution in [0.4, 0.5) is 11.6 Å². The second-order valence-electron chi connectivity index (χ2n) is 8.48. The summed E-state index contributed by atoms with van der Waals surface area (Å²) >= 11 is 0. The number of phenolic OH excluding ortho intramolecular Hbond substituents is 1. The minimum absolute atomic E-state index is 0.155. The Balaban J connectivity index is 1.62. The van der Waals surface area contributed by atoms with Crippen LogP contribution in [0.3, 0.4) is 0 Å². The van der Waals surface area contributed by atoms with Crippen molar-refractivity contribution in [2.75, 3.05) is 24.4 Å². The molecule has 1 amide bonds. The van der Waals surface area contributed by atoms with Crippen LogP contribution in [0, 0.1) is 0 Å². The molecule has 4 aromatic rings. The van der Waals surface area contributed by atoms with Crippen LogP contribution in [0.15, 0.2) is 84.1 Å². The molecule has 1 aromatic heterocycles. The molecule has 0 saturated carbocycles. The fourth-order valence-corrected chi connectivity index (χ4v) is 4.34. The first-order chi connectivity index (χ1) is 18.0. The Morgan fingerprint density at radius 1 is 1.08 bits per heavy atom. The molecule has 0 fully saturated rings. The summed E-state index contributed by atoms with van der Waals surface area (Å²) in [6.07, 6.45) is 0. The van der Waals surface area contributed by atoms with Crippen LogP contribution in [-0.4, -0.2) is 39.5 Å². The van der Waals surface area contributed by atoms with Crippen molar-refractivity contribution in [2.45, 2.75) is 19.9 Å². The molecule has 0 saturated heterocycles. The molecular weight excluding hydrogens is 470 g/mol. The van der Waals surface area contributed by atoms with E-state index in [1.807, 2.05) is 62.4 Å². The van der Waals surface area contributed by atoms with Crippen molar-refractivity contribution >= 4 is 17.5 Å². The third kappa shape index (κ3) is 4.71. The van der Waals surface area contributed by atoms with Crippen LogP contribution in [-0.2, 0) is 4.79 Å². The molecule has 188 valence electrons. The Morgan fingerprint density at radius 2 is 1.84 bits per heavy atom. The van der Waals surface area contributed by atoms with Gasteiger partial charge in [-0.05, 0) is 67.9 Å². The van der Waals surface area contributed by atoms with Crippen LogP contribution in [0.25, 0.3) is 11.4 Å². The highest BCUT2D eigenvalue weighted by Crippen LogP contribution is 2.40. The second-order valence-corrected chi connectivity index (χ2v) is 8.48. The summed E-state index contributed by atoms with van der Waals surface area (Å²) in [5.74, 6) is 2.02. The Labute approximate surface area is 214 Å². The van der Waals surface area contributed by atoms with Gasteiger partial charge in [0.15, 0.2) is 17.3 Å². The molecule has 1 unspecified atom stereocenters. The number of para-hydroxylation sites is 1. The van der Waals surface area contributed by atoms with E-state index in [9.17, 15) is 9.90 Å². The number of methoxy groups -OCH3 is 1. The second kappa shape index (κ2) is 10.1. The maximum atomic E-state index is 13.7. The van der Waals surface area contributed by atoms with E-state index < -0.39 is 6.04 Å². The molecule has 37 heavy (non-hydrogen) atoms. The van der Waals surface area contributed by atoms with E-state index in [2.05, 4.69) is 15.6 Å². The normalized spacial score (nSPS) is 14.5. The van der Waals surface area contributed by atoms with Gasteiger partial charge in [0.05, 0.1) is 19.3 Å². The largest absolute Gasteiger partial charge is 0.508 e. The van der Waals surface area contributed by atoms with Gasteiger partial charge < -0.3 is 25.2 Å². The summed E-state index contributed by atoms with van der Waals surface area (Å²) in [5, 5.41) is 20.7. The minimum atomic E-state index is -0.595. The molecule has 1 aliphatic rings. The Morgan fingerprint density at radius 3 is 2.54 bits per heavy atom. The van der Waals surface area contributed by atoms with Crippen LogP contribution in [0.1, 0.15) is 25.5 Å². The van der Waals surface area contributed by atoms with Crippen LogP contribution in [0.5, 0.6) is 17.2 Å². The predicted octanol–water partition coefficient (Wildman–Crippen LogP) is 4.99. The number of carbonyl (C=O) groups excluding carboxylic acids is 1. The molecule has 0 radical (unpaired) electrons. The van der Waals surface area contributed by atoms with Gasteiger partial charge in [-0.25, -0.2) is 4.68 Å². The van der Waals surface area contributed by atoms with Crippen molar-refractivity contribution < 1.29 is 19.4 Å². The number of carbonyl (C=O) groups is 1. The zero-order valence-corrected chi connectivity index (χ0v) is 20.7. The SMILES string of the molecule is CCOc1ccc(C2C(C(=O)Nc3ccccc3)=C(C)Nc3nc(-c4ccc(O)cc4)nn32)cc1OC. The van der Waals surface area contributed by atoms with Gasteiger partial charge in [0.25, 0.3) is 5.91 Å². The number of nitrogens with zero attached hydrogens (tertiary/aromatic N) is 3. The first-order valence-corrected chi connectivity index (χ1v) is 11.9. The van der Waals surface area contributed by atoms with E-state index in [1.165, 1.54) is 0 Å². The van der Waals surface area contributed by atoms with Gasteiger partial charge in [0.2, 0.25) is 5.95 Å². The summed E-state index contributed by atoms with van der Waals surface area (Å²) in [4.78, 5) is 18.3.